The molecule has 4 nitrogen and oxygen atoms in total. The van der Waals surface area contributed by atoms with Crippen LogP contribution in [0.3, 0.4) is 0 Å². The monoisotopic (exact) mass is 243 g/mol. The van der Waals surface area contributed by atoms with Crippen molar-refractivity contribution in [2.24, 2.45) is 0 Å². The molecule has 1 fully saturated rings. The summed E-state index contributed by atoms with van der Waals surface area (Å²) in [6.45, 7) is 2.44. The van der Waals surface area contributed by atoms with Crippen LogP contribution in [0.4, 0.5) is 0 Å². The second kappa shape index (κ2) is 4.13. The summed E-state index contributed by atoms with van der Waals surface area (Å²) in [5.74, 6) is 0. The molecule has 1 atom stereocenters. The minimum Gasteiger partial charge on any atom is -0.369 e. The summed E-state index contributed by atoms with van der Waals surface area (Å²) in [6.07, 6.45) is 3.36. The number of ether oxygens (including phenoxy) is 1. The van der Waals surface area contributed by atoms with Gasteiger partial charge >= 0.3 is 0 Å². The maximum Gasteiger partial charge on any atom is 0.130 e. The first-order chi connectivity index (χ1) is 6.38. The standard InChI is InChI=1S/C8H10BrN3O/c9-8-7(11-1-2-12-8)6-5-10-3-4-13-6/h1-2,6,10H,3-5H2. The molecule has 0 aliphatic carbocycles. The fraction of sp³-hybridized carbons (Fsp3) is 0.500. The van der Waals surface area contributed by atoms with E-state index in [0.29, 0.717) is 0 Å². The van der Waals surface area contributed by atoms with E-state index in [1.165, 1.54) is 0 Å². The molecule has 1 aromatic rings. The van der Waals surface area contributed by atoms with E-state index in [1.807, 2.05) is 0 Å². The first kappa shape index (κ1) is 9.05. The number of hydrogen-bond donors (Lipinski definition) is 1. The highest BCUT2D eigenvalue weighted by Crippen LogP contribution is 2.22. The Morgan fingerprint density at radius 1 is 1.46 bits per heavy atom. The van der Waals surface area contributed by atoms with E-state index in [1.54, 1.807) is 12.4 Å². The molecular weight excluding hydrogens is 234 g/mol. The van der Waals surface area contributed by atoms with Crippen LogP contribution in [0.1, 0.15) is 11.8 Å². The first-order valence-electron chi connectivity index (χ1n) is 4.16. The van der Waals surface area contributed by atoms with Crippen LogP contribution in [0, 0.1) is 0 Å². The summed E-state index contributed by atoms with van der Waals surface area (Å²) in [6, 6.07) is 0. The number of hydrogen-bond acceptors (Lipinski definition) is 4. The van der Waals surface area contributed by atoms with Crippen molar-refractivity contribution in [2.75, 3.05) is 19.7 Å². The number of nitrogens with zero attached hydrogens (tertiary/aromatic N) is 2. The molecule has 0 bridgehead atoms. The number of nitrogens with one attached hydrogen (secondary N) is 1. The summed E-state index contributed by atoms with van der Waals surface area (Å²) in [5, 5.41) is 3.25. The van der Waals surface area contributed by atoms with Gasteiger partial charge in [-0.2, -0.15) is 0 Å². The van der Waals surface area contributed by atoms with Crippen molar-refractivity contribution >= 4 is 15.9 Å². The number of morpholine rings is 1. The molecule has 1 N–H and O–H groups in total. The van der Waals surface area contributed by atoms with E-state index in [9.17, 15) is 0 Å². The lowest BCUT2D eigenvalue weighted by molar-refractivity contribution is 0.0242. The van der Waals surface area contributed by atoms with Crippen LogP contribution < -0.4 is 5.32 Å². The predicted molar refractivity (Wildman–Crippen MR) is 51.3 cm³/mol. The van der Waals surface area contributed by atoms with E-state index >= 15 is 0 Å². The topological polar surface area (TPSA) is 47.0 Å². The van der Waals surface area contributed by atoms with Gasteiger partial charge in [-0.25, -0.2) is 4.98 Å². The van der Waals surface area contributed by atoms with Gasteiger partial charge in [0.15, 0.2) is 0 Å². The number of aromatic nitrogens is 2. The zero-order valence-corrected chi connectivity index (χ0v) is 8.62. The highest BCUT2D eigenvalue weighted by atomic mass is 79.9. The maximum absolute atomic E-state index is 5.55. The van der Waals surface area contributed by atoms with Gasteiger partial charge in [-0.3, -0.25) is 4.98 Å². The van der Waals surface area contributed by atoms with Crippen LogP contribution in [0.2, 0.25) is 0 Å². The Morgan fingerprint density at radius 2 is 2.31 bits per heavy atom. The summed E-state index contributed by atoms with van der Waals surface area (Å²) in [7, 11) is 0. The molecule has 1 aliphatic heterocycles. The third kappa shape index (κ3) is 2.04. The molecule has 0 aromatic carbocycles. The lowest BCUT2D eigenvalue weighted by Crippen LogP contribution is -2.34. The largest absolute Gasteiger partial charge is 0.369 e. The van der Waals surface area contributed by atoms with Crippen molar-refractivity contribution in [1.29, 1.82) is 0 Å². The maximum atomic E-state index is 5.55. The molecule has 0 amide bonds. The van der Waals surface area contributed by atoms with Gasteiger partial charge in [0.05, 0.1) is 6.61 Å². The minimum atomic E-state index is 0.0248. The smallest absolute Gasteiger partial charge is 0.130 e. The van der Waals surface area contributed by atoms with E-state index in [2.05, 4.69) is 31.2 Å². The molecule has 1 unspecified atom stereocenters. The molecule has 70 valence electrons. The van der Waals surface area contributed by atoms with Crippen molar-refractivity contribution in [1.82, 2.24) is 15.3 Å². The Balaban J connectivity index is 2.18. The van der Waals surface area contributed by atoms with Crippen LogP contribution in [0.25, 0.3) is 0 Å². The molecular formula is C8H10BrN3O. The second-order valence-corrected chi connectivity index (χ2v) is 3.55. The van der Waals surface area contributed by atoms with Crippen molar-refractivity contribution in [3.63, 3.8) is 0 Å². The Bertz CT molecular complexity index is 288. The van der Waals surface area contributed by atoms with Gasteiger partial charge in [-0.05, 0) is 15.9 Å². The van der Waals surface area contributed by atoms with Gasteiger partial charge in [0.1, 0.15) is 16.4 Å². The summed E-state index contributed by atoms with van der Waals surface area (Å²) < 4.78 is 6.32. The zero-order chi connectivity index (χ0) is 9.10. The van der Waals surface area contributed by atoms with Crippen molar-refractivity contribution in [2.45, 2.75) is 6.10 Å². The molecule has 0 radical (unpaired) electrons. The molecule has 5 heteroatoms. The number of rotatable bonds is 1. The molecule has 13 heavy (non-hydrogen) atoms. The summed E-state index contributed by atoms with van der Waals surface area (Å²) in [5.41, 5.74) is 0.870. The van der Waals surface area contributed by atoms with Gasteiger partial charge in [-0.1, -0.05) is 0 Å². The van der Waals surface area contributed by atoms with Crippen LogP contribution in [-0.2, 0) is 4.74 Å². The van der Waals surface area contributed by atoms with Crippen molar-refractivity contribution < 1.29 is 4.74 Å². The third-order valence-corrected chi connectivity index (χ3v) is 2.52. The Labute approximate surface area is 84.9 Å². The molecule has 0 saturated carbocycles. The quantitative estimate of drug-likeness (QED) is 0.797. The van der Waals surface area contributed by atoms with Gasteiger partial charge in [0.2, 0.25) is 0 Å². The highest BCUT2D eigenvalue weighted by Gasteiger charge is 2.19. The highest BCUT2D eigenvalue weighted by molar-refractivity contribution is 9.10. The van der Waals surface area contributed by atoms with Crippen LogP contribution in [0.5, 0.6) is 0 Å². The fourth-order valence-electron chi connectivity index (χ4n) is 1.29. The molecule has 0 spiro atoms. The van der Waals surface area contributed by atoms with E-state index in [4.69, 9.17) is 4.74 Å². The van der Waals surface area contributed by atoms with Crippen LogP contribution >= 0.6 is 15.9 Å². The minimum absolute atomic E-state index is 0.0248. The summed E-state index contributed by atoms with van der Waals surface area (Å²) in [4.78, 5) is 8.33. The van der Waals surface area contributed by atoms with Crippen molar-refractivity contribution in [3.05, 3.63) is 22.7 Å². The average molecular weight is 244 g/mol. The Kier molecular flexibility index (Phi) is 2.87. The normalized spacial score (nSPS) is 23.0. The Morgan fingerprint density at radius 3 is 3.00 bits per heavy atom. The molecule has 1 aliphatic rings. The van der Waals surface area contributed by atoms with Gasteiger partial charge < -0.3 is 10.1 Å². The third-order valence-electron chi connectivity index (χ3n) is 1.91. The molecule has 2 heterocycles. The lowest BCUT2D eigenvalue weighted by atomic mass is 10.2. The molecule has 1 saturated heterocycles. The van der Waals surface area contributed by atoms with E-state index in [-0.39, 0.29) is 6.10 Å². The first-order valence-corrected chi connectivity index (χ1v) is 4.96. The lowest BCUT2D eigenvalue weighted by Gasteiger charge is -2.23. The predicted octanol–water partition coefficient (Wildman–Crippen LogP) is 0.900. The van der Waals surface area contributed by atoms with E-state index in [0.717, 1.165) is 30.0 Å². The van der Waals surface area contributed by atoms with Gasteiger partial charge in [-0.15, -0.1) is 0 Å². The zero-order valence-electron chi connectivity index (χ0n) is 7.03. The van der Waals surface area contributed by atoms with Crippen LogP contribution in [-0.4, -0.2) is 29.7 Å². The molecule has 2 rings (SSSR count). The average Bonchev–Trinajstić information content (AvgIpc) is 2.20. The summed E-state index contributed by atoms with van der Waals surface area (Å²) >= 11 is 3.35. The van der Waals surface area contributed by atoms with Gasteiger partial charge in [0.25, 0.3) is 0 Å². The Hall–Kier alpha value is -0.520. The SMILES string of the molecule is Brc1nccnc1C1CNCCO1. The fourth-order valence-corrected chi connectivity index (χ4v) is 1.76. The van der Waals surface area contributed by atoms with Gasteiger partial charge in [0, 0.05) is 25.5 Å². The van der Waals surface area contributed by atoms with E-state index < -0.39 is 0 Å². The molecule has 1 aromatic heterocycles. The van der Waals surface area contributed by atoms with Crippen LogP contribution in [0.15, 0.2) is 17.0 Å². The van der Waals surface area contributed by atoms with Crippen molar-refractivity contribution in [3.8, 4) is 0 Å². The second-order valence-electron chi connectivity index (χ2n) is 2.80. The number of halogens is 1.